The van der Waals surface area contributed by atoms with E-state index in [2.05, 4.69) is 34.7 Å². The van der Waals surface area contributed by atoms with Crippen molar-refractivity contribution in [1.29, 1.82) is 0 Å². The van der Waals surface area contributed by atoms with Gasteiger partial charge in [0.2, 0.25) is 0 Å². The van der Waals surface area contributed by atoms with E-state index in [-0.39, 0.29) is 10.6 Å². The van der Waals surface area contributed by atoms with Crippen LogP contribution in [0.4, 0.5) is 4.39 Å². The second kappa shape index (κ2) is 6.92. The van der Waals surface area contributed by atoms with Gasteiger partial charge in [-0.1, -0.05) is 24.6 Å². The SMILES string of the molecule is CCC(C)(C(N)c1ccc(Br)c(Cl)c1F)N1CCOCC1. The van der Waals surface area contributed by atoms with Crippen LogP contribution in [0.3, 0.4) is 0 Å². The lowest BCUT2D eigenvalue weighted by molar-refractivity contribution is -0.0281. The molecule has 2 atom stereocenters. The Balaban J connectivity index is 2.35. The number of ether oxygens (including phenoxy) is 1. The minimum absolute atomic E-state index is 0.0865. The Bertz CT molecular complexity index is 511. The smallest absolute Gasteiger partial charge is 0.147 e. The Morgan fingerprint density at radius 3 is 2.67 bits per heavy atom. The van der Waals surface area contributed by atoms with Crippen LogP contribution in [0.25, 0.3) is 0 Å². The molecule has 1 aromatic rings. The number of nitrogens with two attached hydrogens (primary N) is 1. The summed E-state index contributed by atoms with van der Waals surface area (Å²) in [5, 5.41) is 0.0865. The topological polar surface area (TPSA) is 38.5 Å². The first-order valence-corrected chi connectivity index (χ1v) is 8.30. The van der Waals surface area contributed by atoms with Crippen molar-refractivity contribution in [3.05, 3.63) is 33.0 Å². The van der Waals surface area contributed by atoms with Crippen molar-refractivity contribution in [2.75, 3.05) is 26.3 Å². The number of hydrogen-bond donors (Lipinski definition) is 1. The van der Waals surface area contributed by atoms with Gasteiger partial charge in [0.15, 0.2) is 0 Å². The summed E-state index contributed by atoms with van der Waals surface area (Å²) in [5.74, 6) is -0.438. The second-order valence-electron chi connectivity index (χ2n) is 5.55. The van der Waals surface area contributed by atoms with Crippen LogP contribution in [0.5, 0.6) is 0 Å². The zero-order valence-corrected chi connectivity index (χ0v) is 14.7. The van der Waals surface area contributed by atoms with Gasteiger partial charge in [0.25, 0.3) is 0 Å². The van der Waals surface area contributed by atoms with Gasteiger partial charge in [-0.2, -0.15) is 0 Å². The lowest BCUT2D eigenvalue weighted by Crippen LogP contribution is -2.56. The molecular formula is C15H21BrClFN2O. The summed E-state index contributed by atoms with van der Waals surface area (Å²) in [6.45, 7) is 7.15. The summed E-state index contributed by atoms with van der Waals surface area (Å²) in [7, 11) is 0. The second-order valence-corrected chi connectivity index (χ2v) is 6.78. The van der Waals surface area contributed by atoms with Gasteiger partial charge in [0, 0.05) is 28.7 Å². The molecule has 21 heavy (non-hydrogen) atoms. The molecule has 6 heteroatoms. The van der Waals surface area contributed by atoms with Gasteiger partial charge in [-0.25, -0.2) is 4.39 Å². The third-order valence-corrected chi connectivity index (χ3v) is 5.78. The highest BCUT2D eigenvalue weighted by Crippen LogP contribution is 2.37. The zero-order valence-electron chi connectivity index (χ0n) is 12.3. The number of rotatable bonds is 4. The van der Waals surface area contributed by atoms with Gasteiger partial charge in [-0.15, -0.1) is 0 Å². The van der Waals surface area contributed by atoms with E-state index in [4.69, 9.17) is 22.1 Å². The first-order chi connectivity index (χ1) is 9.91. The van der Waals surface area contributed by atoms with E-state index in [1.165, 1.54) is 0 Å². The highest BCUT2D eigenvalue weighted by molar-refractivity contribution is 9.10. The molecule has 2 unspecified atom stereocenters. The predicted molar refractivity (Wildman–Crippen MR) is 87.1 cm³/mol. The molecule has 1 aliphatic heterocycles. The quantitative estimate of drug-likeness (QED) is 0.810. The van der Waals surface area contributed by atoms with Crippen LogP contribution in [0, 0.1) is 5.82 Å². The summed E-state index contributed by atoms with van der Waals surface area (Å²) in [4.78, 5) is 2.29. The molecule has 0 aromatic heterocycles. The van der Waals surface area contributed by atoms with E-state index >= 15 is 0 Å². The maximum atomic E-state index is 14.5. The molecule has 2 rings (SSSR count). The van der Waals surface area contributed by atoms with E-state index in [1.54, 1.807) is 12.1 Å². The van der Waals surface area contributed by atoms with Gasteiger partial charge in [0.1, 0.15) is 5.82 Å². The van der Waals surface area contributed by atoms with Crippen LogP contribution in [0.1, 0.15) is 31.9 Å². The largest absolute Gasteiger partial charge is 0.379 e. The molecule has 118 valence electrons. The summed E-state index contributed by atoms with van der Waals surface area (Å²) in [5.41, 5.74) is 6.56. The zero-order chi connectivity index (χ0) is 15.6. The summed E-state index contributed by atoms with van der Waals surface area (Å²) >= 11 is 9.23. The van der Waals surface area contributed by atoms with Gasteiger partial charge < -0.3 is 10.5 Å². The highest BCUT2D eigenvalue weighted by atomic mass is 79.9. The fraction of sp³-hybridized carbons (Fsp3) is 0.600. The molecule has 0 amide bonds. The molecule has 0 aliphatic carbocycles. The molecule has 1 aliphatic rings. The third kappa shape index (κ3) is 3.27. The Morgan fingerprint density at radius 2 is 2.10 bits per heavy atom. The van der Waals surface area contributed by atoms with Crippen LogP contribution in [0.2, 0.25) is 5.02 Å². The summed E-state index contributed by atoms with van der Waals surface area (Å²) in [6.07, 6.45) is 0.821. The van der Waals surface area contributed by atoms with E-state index < -0.39 is 11.9 Å². The van der Waals surface area contributed by atoms with E-state index in [0.717, 1.165) is 19.5 Å². The van der Waals surface area contributed by atoms with E-state index in [9.17, 15) is 4.39 Å². The minimum Gasteiger partial charge on any atom is -0.379 e. The predicted octanol–water partition coefficient (Wildman–Crippen LogP) is 3.74. The van der Waals surface area contributed by atoms with Gasteiger partial charge >= 0.3 is 0 Å². The van der Waals surface area contributed by atoms with Crippen molar-refractivity contribution in [2.24, 2.45) is 5.73 Å². The monoisotopic (exact) mass is 378 g/mol. The Kier molecular flexibility index (Phi) is 5.65. The van der Waals surface area contributed by atoms with Gasteiger partial charge in [0.05, 0.1) is 24.3 Å². The first kappa shape index (κ1) is 17.2. The molecule has 2 N–H and O–H groups in total. The fourth-order valence-electron chi connectivity index (χ4n) is 2.83. The molecule has 1 heterocycles. The minimum atomic E-state index is -0.453. The Hall–Kier alpha value is -0.200. The average Bonchev–Trinajstić information content (AvgIpc) is 2.52. The summed E-state index contributed by atoms with van der Waals surface area (Å²) in [6, 6.07) is 3.01. The van der Waals surface area contributed by atoms with Gasteiger partial charge in [-0.3, -0.25) is 4.90 Å². The summed E-state index contributed by atoms with van der Waals surface area (Å²) < 4.78 is 20.4. The molecule has 0 radical (unpaired) electrons. The van der Waals surface area contributed by atoms with Crippen molar-refractivity contribution in [2.45, 2.75) is 31.8 Å². The molecule has 1 saturated heterocycles. The molecule has 3 nitrogen and oxygen atoms in total. The Morgan fingerprint density at radius 1 is 1.48 bits per heavy atom. The van der Waals surface area contributed by atoms with Crippen LogP contribution >= 0.6 is 27.5 Å². The molecule has 1 fully saturated rings. The van der Waals surface area contributed by atoms with Crippen LogP contribution in [-0.2, 0) is 4.74 Å². The first-order valence-electron chi connectivity index (χ1n) is 7.13. The maximum absolute atomic E-state index is 14.5. The van der Waals surface area contributed by atoms with Crippen LogP contribution < -0.4 is 5.73 Å². The number of hydrogen-bond acceptors (Lipinski definition) is 3. The van der Waals surface area contributed by atoms with Crippen molar-refractivity contribution in [3.8, 4) is 0 Å². The molecule has 0 spiro atoms. The van der Waals surface area contributed by atoms with Crippen molar-refractivity contribution >= 4 is 27.5 Å². The van der Waals surface area contributed by atoms with Crippen molar-refractivity contribution < 1.29 is 9.13 Å². The average molecular weight is 380 g/mol. The van der Waals surface area contributed by atoms with Crippen molar-refractivity contribution in [3.63, 3.8) is 0 Å². The normalized spacial score (nSPS) is 21.0. The number of halogens is 3. The molecule has 1 aromatic carbocycles. The van der Waals surface area contributed by atoms with E-state index in [0.29, 0.717) is 23.2 Å². The van der Waals surface area contributed by atoms with Crippen LogP contribution in [-0.4, -0.2) is 36.7 Å². The van der Waals surface area contributed by atoms with Crippen LogP contribution in [0.15, 0.2) is 16.6 Å². The molecule has 0 bridgehead atoms. The number of benzene rings is 1. The number of nitrogens with zero attached hydrogens (tertiary/aromatic N) is 1. The Labute approximate surface area is 138 Å². The van der Waals surface area contributed by atoms with E-state index in [1.807, 2.05) is 0 Å². The maximum Gasteiger partial charge on any atom is 0.147 e. The lowest BCUT2D eigenvalue weighted by atomic mass is 9.83. The third-order valence-electron chi connectivity index (χ3n) is 4.52. The highest BCUT2D eigenvalue weighted by Gasteiger charge is 2.39. The van der Waals surface area contributed by atoms with Crippen molar-refractivity contribution in [1.82, 2.24) is 4.90 Å². The fourth-order valence-corrected chi connectivity index (χ4v) is 3.31. The molecular weight excluding hydrogens is 359 g/mol. The molecule has 0 saturated carbocycles. The van der Waals surface area contributed by atoms with Gasteiger partial charge in [-0.05, 0) is 35.3 Å². The standard InChI is InChI=1S/C15H21BrClFN2O/c1-3-15(2,20-6-8-21-9-7-20)14(19)10-4-5-11(16)12(17)13(10)18/h4-5,14H,3,6-9,19H2,1-2H3. The lowest BCUT2D eigenvalue weighted by Gasteiger charge is -2.46. The number of morpholine rings is 1.